The van der Waals surface area contributed by atoms with Crippen LogP contribution in [0.15, 0.2) is 47.4 Å². The molecule has 2 aromatic rings. The zero-order chi connectivity index (χ0) is 18.1. The molecule has 0 fully saturated rings. The first-order chi connectivity index (χ1) is 11.0. The Morgan fingerprint density at radius 1 is 1.04 bits per heavy atom. The summed E-state index contributed by atoms with van der Waals surface area (Å²) in [5.41, 5.74) is 0.283. The summed E-state index contributed by atoms with van der Waals surface area (Å²) in [6.45, 7) is 3.98. The maximum absolute atomic E-state index is 12.7. The lowest BCUT2D eigenvalue weighted by atomic mass is 10.0. The lowest BCUT2D eigenvalue weighted by Gasteiger charge is -2.13. The molecule has 0 aliphatic carbocycles. The number of halogens is 4. The standard InChI is InChI=1S/C16H15F3INO2S/c1-10(2)11-3-6-13(7-4-11)24(22,23)21-15-8-5-12(9-14(15)20)16(17,18)19/h3-10,21H,1-2H3. The van der Waals surface area contributed by atoms with Crippen molar-refractivity contribution < 1.29 is 21.6 Å². The highest BCUT2D eigenvalue weighted by atomic mass is 127. The Bertz CT molecular complexity index is 831. The first-order valence-electron chi connectivity index (χ1n) is 7.00. The number of nitrogens with one attached hydrogen (secondary N) is 1. The van der Waals surface area contributed by atoms with Crippen molar-refractivity contribution in [3.63, 3.8) is 0 Å². The van der Waals surface area contributed by atoms with E-state index < -0.39 is 21.8 Å². The van der Waals surface area contributed by atoms with E-state index in [0.717, 1.165) is 23.8 Å². The van der Waals surface area contributed by atoms with E-state index in [0.29, 0.717) is 0 Å². The molecule has 0 spiro atoms. The molecule has 130 valence electrons. The number of alkyl halides is 3. The first-order valence-corrected chi connectivity index (χ1v) is 9.56. The van der Waals surface area contributed by atoms with Crippen molar-refractivity contribution in [2.24, 2.45) is 0 Å². The van der Waals surface area contributed by atoms with Crippen LogP contribution in [0, 0.1) is 3.57 Å². The molecule has 24 heavy (non-hydrogen) atoms. The van der Waals surface area contributed by atoms with Gasteiger partial charge in [-0.1, -0.05) is 26.0 Å². The van der Waals surface area contributed by atoms with E-state index in [4.69, 9.17) is 0 Å². The molecule has 0 amide bonds. The number of hydrogen-bond donors (Lipinski definition) is 1. The van der Waals surface area contributed by atoms with Gasteiger partial charge in [0.2, 0.25) is 0 Å². The molecule has 0 aromatic heterocycles. The third-order valence-corrected chi connectivity index (χ3v) is 5.67. The summed E-state index contributed by atoms with van der Waals surface area (Å²) in [4.78, 5) is 0.0580. The number of anilines is 1. The van der Waals surface area contributed by atoms with E-state index in [9.17, 15) is 21.6 Å². The predicted molar refractivity (Wildman–Crippen MR) is 95.5 cm³/mol. The zero-order valence-corrected chi connectivity index (χ0v) is 15.8. The van der Waals surface area contributed by atoms with Gasteiger partial charge in [-0.05, 0) is 64.4 Å². The number of benzene rings is 2. The van der Waals surface area contributed by atoms with Gasteiger partial charge in [0.1, 0.15) is 0 Å². The fourth-order valence-electron chi connectivity index (χ4n) is 2.01. The Morgan fingerprint density at radius 3 is 2.08 bits per heavy atom. The molecular formula is C16H15F3INO2S. The van der Waals surface area contributed by atoms with Crippen LogP contribution in [0.3, 0.4) is 0 Å². The molecule has 0 saturated carbocycles. The second-order valence-electron chi connectivity index (χ2n) is 5.52. The van der Waals surface area contributed by atoms with Crippen molar-refractivity contribution in [3.05, 3.63) is 57.2 Å². The number of rotatable bonds is 4. The lowest BCUT2D eigenvalue weighted by molar-refractivity contribution is -0.137. The normalized spacial score (nSPS) is 12.5. The monoisotopic (exact) mass is 469 g/mol. The lowest BCUT2D eigenvalue weighted by Crippen LogP contribution is -2.14. The van der Waals surface area contributed by atoms with Crippen LogP contribution in [0.4, 0.5) is 18.9 Å². The molecule has 2 rings (SSSR count). The van der Waals surface area contributed by atoms with Crippen LogP contribution in [0.25, 0.3) is 0 Å². The largest absolute Gasteiger partial charge is 0.416 e. The molecule has 0 unspecified atom stereocenters. The Kier molecular flexibility index (Phi) is 5.48. The number of sulfonamides is 1. The minimum Gasteiger partial charge on any atom is -0.279 e. The Hall–Kier alpha value is -1.29. The summed E-state index contributed by atoms with van der Waals surface area (Å²) >= 11 is 1.67. The van der Waals surface area contributed by atoms with E-state index >= 15 is 0 Å². The van der Waals surface area contributed by atoms with Gasteiger partial charge in [0, 0.05) is 3.57 Å². The maximum atomic E-state index is 12.7. The van der Waals surface area contributed by atoms with Crippen LogP contribution >= 0.6 is 22.6 Å². The Balaban J connectivity index is 2.29. The Morgan fingerprint density at radius 2 is 1.62 bits per heavy atom. The van der Waals surface area contributed by atoms with E-state index in [-0.39, 0.29) is 20.1 Å². The van der Waals surface area contributed by atoms with Crippen molar-refractivity contribution in [2.45, 2.75) is 30.8 Å². The maximum Gasteiger partial charge on any atom is 0.416 e. The van der Waals surface area contributed by atoms with Gasteiger partial charge < -0.3 is 0 Å². The number of hydrogen-bond acceptors (Lipinski definition) is 2. The topological polar surface area (TPSA) is 46.2 Å². The van der Waals surface area contributed by atoms with E-state index in [1.807, 2.05) is 13.8 Å². The molecule has 0 heterocycles. The minimum absolute atomic E-state index is 0.0580. The van der Waals surface area contributed by atoms with Crippen molar-refractivity contribution in [1.29, 1.82) is 0 Å². The molecule has 0 radical (unpaired) electrons. The molecular weight excluding hydrogens is 454 g/mol. The van der Waals surface area contributed by atoms with Crippen LogP contribution in [-0.2, 0) is 16.2 Å². The van der Waals surface area contributed by atoms with Gasteiger partial charge in [-0.2, -0.15) is 13.2 Å². The van der Waals surface area contributed by atoms with E-state index in [1.54, 1.807) is 34.7 Å². The van der Waals surface area contributed by atoms with Crippen molar-refractivity contribution in [3.8, 4) is 0 Å². The average Bonchev–Trinajstić information content (AvgIpc) is 2.48. The van der Waals surface area contributed by atoms with Gasteiger partial charge in [-0.3, -0.25) is 4.72 Å². The summed E-state index contributed by atoms with van der Waals surface area (Å²) in [7, 11) is -3.86. The first kappa shape index (κ1) is 19.0. The summed E-state index contributed by atoms with van der Waals surface area (Å²) < 4.78 is 65.2. The smallest absolute Gasteiger partial charge is 0.279 e. The summed E-state index contributed by atoms with van der Waals surface area (Å²) in [6.07, 6.45) is -4.47. The van der Waals surface area contributed by atoms with Gasteiger partial charge in [-0.15, -0.1) is 0 Å². The van der Waals surface area contributed by atoms with Crippen LogP contribution in [0.1, 0.15) is 30.9 Å². The van der Waals surface area contributed by atoms with Gasteiger partial charge in [0.25, 0.3) is 10.0 Å². The van der Waals surface area contributed by atoms with E-state index in [1.165, 1.54) is 12.1 Å². The predicted octanol–water partition coefficient (Wildman–Crippen LogP) is 5.23. The molecule has 0 atom stereocenters. The van der Waals surface area contributed by atoms with Crippen molar-refractivity contribution >= 4 is 38.3 Å². The third kappa shape index (κ3) is 4.41. The quantitative estimate of drug-likeness (QED) is 0.624. The van der Waals surface area contributed by atoms with Gasteiger partial charge in [0.15, 0.2) is 0 Å². The molecule has 3 nitrogen and oxygen atoms in total. The molecule has 0 aliphatic rings. The highest BCUT2D eigenvalue weighted by Gasteiger charge is 2.31. The van der Waals surface area contributed by atoms with Crippen molar-refractivity contribution in [1.82, 2.24) is 0 Å². The Labute approximate surface area is 152 Å². The molecule has 1 N–H and O–H groups in total. The van der Waals surface area contributed by atoms with Crippen LogP contribution < -0.4 is 4.72 Å². The summed E-state index contributed by atoms with van der Waals surface area (Å²) in [5.74, 6) is 0.269. The molecule has 8 heteroatoms. The van der Waals surface area contributed by atoms with Crippen molar-refractivity contribution in [2.75, 3.05) is 4.72 Å². The fraction of sp³-hybridized carbons (Fsp3) is 0.250. The molecule has 0 aliphatic heterocycles. The van der Waals surface area contributed by atoms with Crippen LogP contribution in [0.5, 0.6) is 0 Å². The summed E-state index contributed by atoms with van der Waals surface area (Å²) in [6, 6.07) is 9.27. The van der Waals surface area contributed by atoms with Gasteiger partial charge in [0.05, 0.1) is 16.1 Å². The second kappa shape index (κ2) is 6.91. The van der Waals surface area contributed by atoms with Crippen LogP contribution in [-0.4, -0.2) is 8.42 Å². The van der Waals surface area contributed by atoms with Gasteiger partial charge >= 0.3 is 6.18 Å². The molecule has 0 bridgehead atoms. The molecule has 0 saturated heterocycles. The molecule has 2 aromatic carbocycles. The zero-order valence-electron chi connectivity index (χ0n) is 12.9. The second-order valence-corrected chi connectivity index (χ2v) is 8.37. The third-order valence-electron chi connectivity index (χ3n) is 3.40. The van der Waals surface area contributed by atoms with Crippen LogP contribution in [0.2, 0.25) is 0 Å². The van der Waals surface area contributed by atoms with Gasteiger partial charge in [-0.25, -0.2) is 8.42 Å². The highest BCUT2D eigenvalue weighted by Crippen LogP contribution is 2.33. The summed E-state index contributed by atoms with van der Waals surface area (Å²) in [5, 5.41) is 0. The average molecular weight is 469 g/mol. The van der Waals surface area contributed by atoms with E-state index in [2.05, 4.69) is 4.72 Å². The minimum atomic E-state index is -4.47. The fourth-order valence-corrected chi connectivity index (χ4v) is 3.92. The highest BCUT2D eigenvalue weighted by molar-refractivity contribution is 14.1. The SMILES string of the molecule is CC(C)c1ccc(S(=O)(=O)Nc2ccc(C(F)(F)F)cc2I)cc1.